The number of aliphatic hydroxyl groups excluding tert-OH is 1. The minimum absolute atomic E-state index is 0.0216. The summed E-state index contributed by atoms with van der Waals surface area (Å²) in [7, 11) is 0. The molecule has 3 N–H and O–H groups in total. The van der Waals surface area contributed by atoms with E-state index in [2.05, 4.69) is 0 Å². The zero-order valence-electron chi connectivity index (χ0n) is 8.84. The highest BCUT2D eigenvalue weighted by Crippen LogP contribution is 2.38. The average molecular weight is 187 g/mol. The lowest BCUT2D eigenvalue weighted by molar-refractivity contribution is -0.0448. The van der Waals surface area contributed by atoms with Crippen LogP contribution in [-0.4, -0.2) is 29.5 Å². The Kier molecular flexibility index (Phi) is 3.00. The van der Waals surface area contributed by atoms with Gasteiger partial charge in [-0.1, -0.05) is 0 Å². The van der Waals surface area contributed by atoms with Crippen molar-refractivity contribution in [3.63, 3.8) is 0 Å². The third-order valence-corrected chi connectivity index (χ3v) is 2.46. The molecule has 1 fully saturated rings. The lowest BCUT2D eigenvalue weighted by Gasteiger charge is -2.31. The van der Waals surface area contributed by atoms with Crippen LogP contribution >= 0.6 is 0 Å². The molecule has 3 nitrogen and oxygen atoms in total. The summed E-state index contributed by atoms with van der Waals surface area (Å²) in [4.78, 5) is 0. The lowest BCUT2D eigenvalue weighted by Crippen LogP contribution is -2.51. The first kappa shape index (κ1) is 11.0. The second-order valence-electron chi connectivity index (χ2n) is 5.07. The summed E-state index contributed by atoms with van der Waals surface area (Å²) < 4.78 is 5.60. The molecule has 0 saturated heterocycles. The van der Waals surface area contributed by atoms with E-state index in [9.17, 15) is 5.11 Å². The summed E-state index contributed by atoms with van der Waals surface area (Å²) in [5.74, 6) is 0.458. The SMILES string of the molecule is CC(C)(C)OCC(N)(CO)C1CC1. The van der Waals surface area contributed by atoms with E-state index in [1.54, 1.807) is 0 Å². The van der Waals surface area contributed by atoms with E-state index in [-0.39, 0.29) is 12.2 Å². The van der Waals surface area contributed by atoms with Crippen molar-refractivity contribution < 1.29 is 9.84 Å². The van der Waals surface area contributed by atoms with Gasteiger partial charge in [0.25, 0.3) is 0 Å². The third-order valence-electron chi connectivity index (χ3n) is 2.46. The van der Waals surface area contributed by atoms with Crippen molar-refractivity contribution in [3.8, 4) is 0 Å². The topological polar surface area (TPSA) is 55.5 Å². The fraction of sp³-hybridized carbons (Fsp3) is 1.00. The van der Waals surface area contributed by atoms with Crippen molar-refractivity contribution in [1.82, 2.24) is 0 Å². The minimum Gasteiger partial charge on any atom is -0.394 e. The van der Waals surface area contributed by atoms with Gasteiger partial charge in [0, 0.05) is 0 Å². The van der Waals surface area contributed by atoms with Gasteiger partial charge in [0.15, 0.2) is 0 Å². The van der Waals surface area contributed by atoms with E-state index < -0.39 is 5.54 Å². The van der Waals surface area contributed by atoms with Gasteiger partial charge < -0.3 is 15.6 Å². The molecule has 1 aliphatic rings. The predicted molar refractivity (Wildman–Crippen MR) is 52.4 cm³/mol. The van der Waals surface area contributed by atoms with Crippen LogP contribution in [0.15, 0.2) is 0 Å². The van der Waals surface area contributed by atoms with Crippen LogP contribution in [0.2, 0.25) is 0 Å². The first-order chi connectivity index (χ1) is 5.87. The van der Waals surface area contributed by atoms with E-state index in [4.69, 9.17) is 10.5 Å². The highest BCUT2D eigenvalue weighted by atomic mass is 16.5. The fourth-order valence-corrected chi connectivity index (χ4v) is 1.30. The molecule has 1 rings (SSSR count). The first-order valence-electron chi connectivity index (χ1n) is 4.91. The maximum absolute atomic E-state index is 9.19. The minimum atomic E-state index is -0.507. The largest absolute Gasteiger partial charge is 0.394 e. The van der Waals surface area contributed by atoms with Crippen LogP contribution in [0, 0.1) is 5.92 Å². The monoisotopic (exact) mass is 187 g/mol. The normalized spacial score (nSPS) is 22.8. The van der Waals surface area contributed by atoms with E-state index in [1.807, 2.05) is 20.8 Å². The molecule has 13 heavy (non-hydrogen) atoms. The summed E-state index contributed by atoms with van der Waals surface area (Å²) >= 11 is 0. The van der Waals surface area contributed by atoms with Gasteiger partial charge in [0.1, 0.15) is 0 Å². The van der Waals surface area contributed by atoms with Crippen molar-refractivity contribution >= 4 is 0 Å². The summed E-state index contributed by atoms with van der Waals surface area (Å²) in [5, 5.41) is 9.19. The zero-order chi connectivity index (χ0) is 10.1. The molecule has 1 aliphatic carbocycles. The van der Waals surface area contributed by atoms with Crippen molar-refractivity contribution in [2.75, 3.05) is 13.2 Å². The average Bonchev–Trinajstić information content (AvgIpc) is 2.81. The molecule has 1 unspecified atom stereocenters. The van der Waals surface area contributed by atoms with Crippen molar-refractivity contribution in [3.05, 3.63) is 0 Å². The third kappa shape index (κ3) is 3.25. The lowest BCUT2D eigenvalue weighted by atomic mass is 9.96. The Hall–Kier alpha value is -0.120. The van der Waals surface area contributed by atoms with Crippen LogP contribution < -0.4 is 5.73 Å². The molecule has 0 amide bonds. The predicted octanol–water partition coefficient (Wildman–Crippen LogP) is 0.901. The van der Waals surface area contributed by atoms with Gasteiger partial charge in [0.05, 0.1) is 24.4 Å². The van der Waals surface area contributed by atoms with E-state index in [0.29, 0.717) is 12.5 Å². The van der Waals surface area contributed by atoms with E-state index in [1.165, 1.54) is 0 Å². The summed E-state index contributed by atoms with van der Waals surface area (Å²) in [5.41, 5.74) is 5.36. The number of rotatable bonds is 4. The van der Waals surface area contributed by atoms with Crippen molar-refractivity contribution in [2.24, 2.45) is 11.7 Å². The maximum Gasteiger partial charge on any atom is 0.0678 e. The van der Waals surface area contributed by atoms with Crippen LogP contribution in [0.3, 0.4) is 0 Å². The van der Waals surface area contributed by atoms with Crippen molar-refractivity contribution in [1.29, 1.82) is 0 Å². The van der Waals surface area contributed by atoms with Crippen LogP contribution in [0.25, 0.3) is 0 Å². The second-order valence-corrected chi connectivity index (χ2v) is 5.07. The number of hydrogen-bond donors (Lipinski definition) is 2. The van der Waals surface area contributed by atoms with Crippen LogP contribution in [0.5, 0.6) is 0 Å². The molecule has 0 heterocycles. The molecule has 3 heteroatoms. The molecule has 78 valence electrons. The Bertz CT molecular complexity index is 172. The van der Waals surface area contributed by atoms with Gasteiger partial charge in [-0.2, -0.15) is 0 Å². The summed E-state index contributed by atoms with van der Waals surface area (Å²) in [6.07, 6.45) is 2.26. The molecule has 0 radical (unpaired) electrons. The number of nitrogens with two attached hydrogens (primary N) is 1. The standard InChI is InChI=1S/C10H21NO2/c1-9(2,3)13-7-10(11,6-12)8-4-5-8/h8,12H,4-7,11H2,1-3H3. The highest BCUT2D eigenvalue weighted by Gasteiger charge is 2.42. The van der Waals surface area contributed by atoms with Gasteiger partial charge in [0.2, 0.25) is 0 Å². The van der Waals surface area contributed by atoms with Gasteiger partial charge in [-0.25, -0.2) is 0 Å². The fourth-order valence-electron chi connectivity index (χ4n) is 1.30. The number of hydrogen-bond acceptors (Lipinski definition) is 3. The Balaban J connectivity index is 2.39. The Morgan fingerprint density at radius 3 is 2.23 bits per heavy atom. The smallest absolute Gasteiger partial charge is 0.0678 e. The number of ether oxygens (including phenoxy) is 1. The van der Waals surface area contributed by atoms with E-state index in [0.717, 1.165) is 12.8 Å². The Labute approximate surface area is 80.3 Å². The molecule has 1 saturated carbocycles. The Morgan fingerprint density at radius 1 is 1.38 bits per heavy atom. The van der Waals surface area contributed by atoms with Gasteiger partial charge in [-0.3, -0.25) is 0 Å². The van der Waals surface area contributed by atoms with Crippen LogP contribution in [-0.2, 0) is 4.74 Å². The van der Waals surface area contributed by atoms with Crippen LogP contribution in [0.1, 0.15) is 33.6 Å². The number of aliphatic hydroxyl groups is 1. The van der Waals surface area contributed by atoms with Gasteiger partial charge in [-0.15, -0.1) is 0 Å². The molecule has 0 aliphatic heterocycles. The second kappa shape index (κ2) is 3.56. The summed E-state index contributed by atoms with van der Waals surface area (Å²) in [6, 6.07) is 0. The highest BCUT2D eigenvalue weighted by molar-refractivity contribution is 4.98. The van der Waals surface area contributed by atoms with Crippen molar-refractivity contribution in [2.45, 2.75) is 44.8 Å². The Morgan fingerprint density at radius 2 is 1.92 bits per heavy atom. The van der Waals surface area contributed by atoms with E-state index >= 15 is 0 Å². The zero-order valence-corrected chi connectivity index (χ0v) is 8.84. The quantitative estimate of drug-likeness (QED) is 0.687. The summed E-state index contributed by atoms with van der Waals surface area (Å²) in [6.45, 7) is 6.47. The molecule has 0 aromatic heterocycles. The van der Waals surface area contributed by atoms with Gasteiger partial charge in [-0.05, 0) is 39.5 Å². The molecule has 0 aromatic carbocycles. The molecule has 0 spiro atoms. The van der Waals surface area contributed by atoms with Crippen LogP contribution in [0.4, 0.5) is 0 Å². The maximum atomic E-state index is 9.19. The van der Waals surface area contributed by atoms with Gasteiger partial charge >= 0.3 is 0 Å². The molecular weight excluding hydrogens is 166 g/mol. The molecule has 0 aromatic rings. The first-order valence-corrected chi connectivity index (χ1v) is 4.91. The molecular formula is C10H21NO2. The molecule has 1 atom stereocenters. The molecule has 0 bridgehead atoms.